The minimum atomic E-state index is -4.73. The van der Waals surface area contributed by atoms with Gasteiger partial charge in [0.1, 0.15) is 11.8 Å². The number of carbonyl (C=O) groups is 3. The van der Waals surface area contributed by atoms with Crippen molar-refractivity contribution in [3.05, 3.63) is 108 Å². The first-order chi connectivity index (χ1) is 22.9. The molecule has 254 valence electrons. The molecule has 4 rings (SSSR count). The van der Waals surface area contributed by atoms with Gasteiger partial charge in [0, 0.05) is 23.4 Å². The topological polar surface area (TPSA) is 171 Å². The van der Waals surface area contributed by atoms with Crippen molar-refractivity contribution >= 4 is 44.6 Å². The molecule has 0 aliphatic carbocycles. The minimum absolute atomic E-state index is 0.00770. The zero-order valence-electron chi connectivity index (χ0n) is 26.8. The van der Waals surface area contributed by atoms with Crippen molar-refractivity contribution in [3.63, 3.8) is 0 Å². The van der Waals surface area contributed by atoms with Gasteiger partial charge < -0.3 is 14.8 Å². The zero-order chi connectivity index (χ0) is 34.7. The lowest BCUT2D eigenvalue weighted by Gasteiger charge is -2.28. The molecule has 0 saturated heterocycles. The third kappa shape index (κ3) is 10.6. The molecule has 0 radical (unpaired) electrons. The van der Waals surface area contributed by atoms with Crippen LogP contribution in [0.1, 0.15) is 44.2 Å². The molecule has 4 aromatic rings. The van der Waals surface area contributed by atoms with Crippen LogP contribution in [0.4, 0.5) is 5.69 Å². The highest BCUT2D eigenvalue weighted by molar-refractivity contribution is 7.81. The van der Waals surface area contributed by atoms with E-state index in [4.69, 9.17) is 4.55 Å². The summed E-state index contributed by atoms with van der Waals surface area (Å²) in [7, 11) is -4.73. The van der Waals surface area contributed by atoms with Crippen LogP contribution in [-0.4, -0.2) is 41.9 Å². The Hall–Kier alpha value is -4.78. The first-order valence-corrected chi connectivity index (χ1v) is 17.1. The molecule has 5 N–H and O–H groups in total. The number of rotatable bonds is 16. The van der Waals surface area contributed by atoms with Crippen LogP contribution in [-0.2, 0) is 37.6 Å². The lowest BCUT2D eigenvalue weighted by atomic mass is 9.80. The maximum absolute atomic E-state index is 14.1. The average molecular weight is 676 g/mol. The number of amides is 3. The average Bonchev–Trinajstić information content (AvgIpc) is 3.06. The first kappa shape index (κ1) is 36.1. The molecular weight excluding hydrogens is 634 g/mol. The van der Waals surface area contributed by atoms with Crippen LogP contribution < -0.4 is 20.3 Å². The summed E-state index contributed by atoms with van der Waals surface area (Å²) < 4.78 is 35.8. The van der Waals surface area contributed by atoms with Crippen molar-refractivity contribution in [2.75, 3.05) is 5.32 Å². The Labute approximate surface area is 280 Å². The second kappa shape index (κ2) is 16.9. The van der Waals surface area contributed by atoms with Crippen LogP contribution in [0.3, 0.4) is 0 Å². The summed E-state index contributed by atoms with van der Waals surface area (Å²) in [5.74, 6) is -3.52. The predicted octanol–water partition coefficient (Wildman–Crippen LogP) is 5.49. The lowest BCUT2D eigenvalue weighted by molar-refractivity contribution is -0.141. The molecule has 11 nitrogen and oxygen atoms in total. The number of aryl methyl sites for hydroxylation is 1. The number of hydrogen-bond donors (Lipinski definition) is 5. The Morgan fingerprint density at radius 3 is 2.10 bits per heavy atom. The number of fused-ring (bicyclic) bond motifs is 1. The van der Waals surface area contributed by atoms with E-state index in [1.165, 1.54) is 24.3 Å². The number of nitrogens with one attached hydrogen (secondary N) is 3. The second-order valence-corrected chi connectivity index (χ2v) is 13.2. The SMILES string of the molecule is CC(C)CC(C(=O)NC(Cc1ccc(OS(=O)(=O)O)cc1)C(=O)Nc1cccc2ccccc12)C(CCCc1ccccc1)C(=O)NO. The molecule has 12 heteroatoms. The van der Waals surface area contributed by atoms with E-state index >= 15 is 0 Å². The third-order valence-corrected chi connectivity index (χ3v) is 8.47. The summed E-state index contributed by atoms with van der Waals surface area (Å²) in [6.45, 7) is 3.86. The summed E-state index contributed by atoms with van der Waals surface area (Å²) >= 11 is 0. The van der Waals surface area contributed by atoms with E-state index in [-0.39, 0.29) is 18.1 Å². The van der Waals surface area contributed by atoms with Crippen LogP contribution in [0.5, 0.6) is 5.75 Å². The number of hydrogen-bond acceptors (Lipinski definition) is 7. The molecule has 0 aliphatic heterocycles. The van der Waals surface area contributed by atoms with Gasteiger partial charge in [-0.1, -0.05) is 92.7 Å². The quantitative estimate of drug-likeness (QED) is 0.0589. The highest BCUT2D eigenvalue weighted by Gasteiger charge is 2.36. The van der Waals surface area contributed by atoms with Crippen molar-refractivity contribution < 1.29 is 36.7 Å². The Kier molecular flexibility index (Phi) is 12.7. The van der Waals surface area contributed by atoms with Gasteiger partial charge in [0.25, 0.3) is 0 Å². The molecule has 4 aromatic carbocycles. The normalized spacial score (nSPS) is 13.4. The van der Waals surface area contributed by atoms with Crippen LogP contribution >= 0.6 is 0 Å². The van der Waals surface area contributed by atoms with Crippen LogP contribution in [0.2, 0.25) is 0 Å². The fraction of sp³-hybridized carbons (Fsp3) is 0.306. The summed E-state index contributed by atoms with van der Waals surface area (Å²) in [5, 5.41) is 17.2. The molecule has 0 spiro atoms. The van der Waals surface area contributed by atoms with E-state index in [0.29, 0.717) is 36.9 Å². The second-order valence-electron chi connectivity index (χ2n) is 12.1. The summed E-state index contributed by atoms with van der Waals surface area (Å²) in [5.41, 5.74) is 3.93. The first-order valence-electron chi connectivity index (χ1n) is 15.8. The molecule has 0 aliphatic rings. The number of carbonyl (C=O) groups excluding carboxylic acids is 3. The van der Waals surface area contributed by atoms with Crippen molar-refractivity contribution in [2.24, 2.45) is 17.8 Å². The molecule has 0 aromatic heterocycles. The fourth-order valence-electron chi connectivity index (χ4n) is 5.81. The summed E-state index contributed by atoms with van der Waals surface area (Å²) in [4.78, 5) is 41.0. The van der Waals surface area contributed by atoms with E-state index in [2.05, 4.69) is 14.8 Å². The summed E-state index contributed by atoms with van der Waals surface area (Å²) in [6.07, 6.45) is 1.93. The molecule has 3 amide bonds. The zero-order valence-corrected chi connectivity index (χ0v) is 27.7. The Morgan fingerprint density at radius 1 is 0.771 bits per heavy atom. The highest BCUT2D eigenvalue weighted by Crippen LogP contribution is 2.28. The maximum atomic E-state index is 14.1. The minimum Gasteiger partial charge on any atom is -0.362 e. The molecule has 3 atom stereocenters. The van der Waals surface area contributed by atoms with E-state index in [1.807, 2.05) is 80.6 Å². The fourth-order valence-corrected chi connectivity index (χ4v) is 6.17. The van der Waals surface area contributed by atoms with E-state index < -0.39 is 46.0 Å². The van der Waals surface area contributed by atoms with Crippen molar-refractivity contribution in [3.8, 4) is 5.75 Å². The van der Waals surface area contributed by atoms with Gasteiger partial charge in [-0.2, -0.15) is 8.42 Å². The van der Waals surface area contributed by atoms with Crippen molar-refractivity contribution in [1.29, 1.82) is 0 Å². The van der Waals surface area contributed by atoms with Gasteiger partial charge in [0.05, 0.1) is 5.92 Å². The van der Waals surface area contributed by atoms with E-state index in [1.54, 1.807) is 11.5 Å². The molecule has 0 bridgehead atoms. The van der Waals surface area contributed by atoms with Gasteiger partial charge in [-0.05, 0) is 66.3 Å². The number of anilines is 1. The van der Waals surface area contributed by atoms with Crippen LogP contribution in [0, 0.1) is 17.8 Å². The van der Waals surface area contributed by atoms with Gasteiger partial charge in [0.2, 0.25) is 17.7 Å². The molecule has 0 heterocycles. The summed E-state index contributed by atoms with van der Waals surface area (Å²) in [6, 6.07) is 27.3. The Morgan fingerprint density at radius 2 is 1.44 bits per heavy atom. The standard InChI is InChI=1S/C36H41N3O8S/c1-24(2)22-31(30(35(41)39-43)16-8-12-25-10-4-3-5-11-25)34(40)38-33(23-26-18-20-28(21-19-26)47-48(44,45)46)36(42)37-32-17-9-14-27-13-6-7-15-29(27)32/h3-7,9-11,13-15,17-21,24,30-31,33,43H,8,12,16,22-23H2,1-2H3,(H,37,42)(H,38,40)(H,39,41)(H,44,45,46). The van der Waals surface area contributed by atoms with Gasteiger partial charge in [-0.15, -0.1) is 0 Å². The molecule has 0 fully saturated rings. The van der Waals surface area contributed by atoms with Crippen LogP contribution in [0.15, 0.2) is 97.1 Å². The Bertz CT molecular complexity index is 1790. The highest BCUT2D eigenvalue weighted by atomic mass is 32.3. The van der Waals surface area contributed by atoms with E-state index in [9.17, 15) is 28.0 Å². The van der Waals surface area contributed by atoms with Gasteiger partial charge in [-0.3, -0.25) is 24.1 Å². The van der Waals surface area contributed by atoms with Crippen LogP contribution in [0.25, 0.3) is 10.8 Å². The Balaban J connectivity index is 1.61. The maximum Gasteiger partial charge on any atom is 0.446 e. The predicted molar refractivity (Wildman–Crippen MR) is 183 cm³/mol. The third-order valence-electron chi connectivity index (χ3n) is 8.06. The number of benzene rings is 4. The number of hydroxylamine groups is 1. The van der Waals surface area contributed by atoms with Crippen molar-refractivity contribution in [1.82, 2.24) is 10.8 Å². The van der Waals surface area contributed by atoms with Crippen molar-refractivity contribution in [2.45, 2.75) is 52.0 Å². The molecule has 3 unspecified atom stereocenters. The smallest absolute Gasteiger partial charge is 0.362 e. The van der Waals surface area contributed by atoms with Gasteiger partial charge in [-0.25, -0.2) is 5.48 Å². The lowest BCUT2D eigenvalue weighted by Crippen LogP contribution is -2.50. The molecule has 0 saturated carbocycles. The monoisotopic (exact) mass is 675 g/mol. The van der Waals surface area contributed by atoms with E-state index in [0.717, 1.165) is 16.3 Å². The molecular formula is C36H41N3O8S. The van der Waals surface area contributed by atoms with Gasteiger partial charge in [0.15, 0.2) is 0 Å². The van der Waals surface area contributed by atoms with Gasteiger partial charge >= 0.3 is 10.4 Å². The molecule has 48 heavy (non-hydrogen) atoms. The largest absolute Gasteiger partial charge is 0.446 e.